The molecule has 1 rings (SSSR count). The quantitative estimate of drug-likeness (QED) is 0.706. The third-order valence-corrected chi connectivity index (χ3v) is 4.66. The van der Waals surface area contributed by atoms with E-state index in [1.807, 2.05) is 19.0 Å². The van der Waals surface area contributed by atoms with E-state index >= 15 is 0 Å². The predicted octanol–water partition coefficient (Wildman–Crippen LogP) is 0.425. The molecule has 0 amide bonds. The predicted molar refractivity (Wildman–Crippen MR) is 71.9 cm³/mol. The number of hydrogen-bond acceptors (Lipinski definition) is 4. The van der Waals surface area contributed by atoms with Crippen molar-refractivity contribution in [2.45, 2.75) is 19.8 Å². The first-order chi connectivity index (χ1) is 8.25. The van der Waals surface area contributed by atoms with Gasteiger partial charge in [0.05, 0.1) is 12.8 Å². The molecule has 5 nitrogen and oxygen atoms in total. The minimum absolute atomic E-state index is 0.137. The van der Waals surface area contributed by atoms with Crippen LogP contribution < -0.4 is 0 Å². The summed E-state index contributed by atoms with van der Waals surface area (Å²) in [5, 5.41) is 0. The number of nitrogens with zero attached hydrogens (tertiary/aromatic N) is 2. The second-order valence-corrected chi connectivity index (χ2v) is 7.42. The number of rotatable bonds is 6. The topological polar surface area (TPSA) is 57.7 Å². The Balaban J connectivity index is 2.78. The van der Waals surface area contributed by atoms with Crippen LogP contribution in [0.1, 0.15) is 19.8 Å². The molecule has 1 aliphatic rings. The van der Waals surface area contributed by atoms with Gasteiger partial charge < -0.3 is 4.90 Å². The Kier molecular flexibility index (Phi) is 5.31. The van der Waals surface area contributed by atoms with Crippen molar-refractivity contribution in [2.75, 3.05) is 40.0 Å². The van der Waals surface area contributed by atoms with Crippen LogP contribution in [-0.4, -0.2) is 63.4 Å². The molecular formula is C12H24N2O3S. The van der Waals surface area contributed by atoms with Crippen LogP contribution in [0.2, 0.25) is 0 Å². The van der Waals surface area contributed by atoms with Crippen LogP contribution in [0.5, 0.6) is 0 Å². The van der Waals surface area contributed by atoms with Gasteiger partial charge in [-0.1, -0.05) is 13.3 Å². The highest BCUT2D eigenvalue weighted by atomic mass is 32.2. The van der Waals surface area contributed by atoms with Gasteiger partial charge in [-0.2, -0.15) is 0 Å². The summed E-state index contributed by atoms with van der Waals surface area (Å²) in [6.45, 7) is 3.31. The van der Waals surface area contributed by atoms with Gasteiger partial charge in [-0.25, -0.2) is 12.7 Å². The summed E-state index contributed by atoms with van der Waals surface area (Å²) in [5.74, 6) is 0.198. The maximum Gasteiger partial charge on any atom is 0.211 e. The van der Waals surface area contributed by atoms with Gasteiger partial charge in [-0.15, -0.1) is 0 Å². The molecule has 0 aromatic heterocycles. The van der Waals surface area contributed by atoms with Gasteiger partial charge in [0, 0.05) is 19.0 Å². The van der Waals surface area contributed by atoms with Gasteiger partial charge in [0.25, 0.3) is 0 Å². The fraction of sp³-hybridized carbons (Fsp3) is 0.917. The van der Waals surface area contributed by atoms with E-state index in [0.717, 1.165) is 12.8 Å². The molecule has 1 saturated heterocycles. The number of sulfonamides is 1. The molecule has 1 aliphatic heterocycles. The van der Waals surface area contributed by atoms with E-state index in [-0.39, 0.29) is 17.6 Å². The number of carbonyl (C=O) groups is 1. The van der Waals surface area contributed by atoms with Crippen LogP contribution in [0.25, 0.3) is 0 Å². The van der Waals surface area contributed by atoms with Crippen molar-refractivity contribution >= 4 is 15.8 Å². The van der Waals surface area contributed by atoms with Crippen molar-refractivity contribution in [1.29, 1.82) is 0 Å². The lowest BCUT2D eigenvalue weighted by Crippen LogP contribution is -2.33. The zero-order valence-corrected chi connectivity index (χ0v) is 12.5. The molecule has 2 atom stereocenters. The zero-order chi connectivity index (χ0) is 13.9. The average molecular weight is 276 g/mol. The third kappa shape index (κ3) is 4.03. The van der Waals surface area contributed by atoms with Gasteiger partial charge in [0.2, 0.25) is 10.0 Å². The molecule has 0 aromatic carbocycles. The Morgan fingerprint density at radius 2 is 1.94 bits per heavy atom. The summed E-state index contributed by atoms with van der Waals surface area (Å²) >= 11 is 0. The third-order valence-electron chi connectivity index (χ3n) is 3.42. The Morgan fingerprint density at radius 1 is 1.33 bits per heavy atom. The maximum absolute atomic E-state index is 12.2. The van der Waals surface area contributed by atoms with Crippen molar-refractivity contribution in [2.24, 2.45) is 11.8 Å². The molecule has 0 radical (unpaired) electrons. The highest BCUT2D eigenvalue weighted by Gasteiger charge is 2.39. The van der Waals surface area contributed by atoms with Crippen LogP contribution in [0.4, 0.5) is 0 Å². The molecule has 0 bridgehead atoms. The average Bonchev–Trinajstić information content (AvgIpc) is 2.60. The summed E-state index contributed by atoms with van der Waals surface area (Å²) in [6, 6.07) is 0. The lowest BCUT2D eigenvalue weighted by molar-refractivity contribution is -0.124. The van der Waals surface area contributed by atoms with Crippen LogP contribution in [-0.2, 0) is 14.8 Å². The van der Waals surface area contributed by atoms with E-state index in [0.29, 0.717) is 19.6 Å². The molecule has 1 heterocycles. The Hall–Kier alpha value is -0.460. The first-order valence-electron chi connectivity index (χ1n) is 6.38. The molecule has 0 saturated carbocycles. The minimum Gasteiger partial charge on any atom is -0.302 e. The van der Waals surface area contributed by atoms with Crippen LogP contribution in [0.3, 0.4) is 0 Å². The summed E-state index contributed by atoms with van der Waals surface area (Å²) in [6.07, 6.45) is 3.11. The summed E-state index contributed by atoms with van der Waals surface area (Å²) in [4.78, 5) is 14.0. The Labute approximate surface area is 110 Å². The van der Waals surface area contributed by atoms with E-state index in [1.54, 1.807) is 0 Å². The molecule has 1 unspecified atom stereocenters. The number of Topliss-reactive ketones (excluding diaryl/α,β-unsaturated/α-hetero) is 1. The van der Waals surface area contributed by atoms with E-state index in [4.69, 9.17) is 0 Å². The van der Waals surface area contributed by atoms with E-state index in [2.05, 4.69) is 6.92 Å². The largest absolute Gasteiger partial charge is 0.302 e. The lowest BCUT2D eigenvalue weighted by Gasteiger charge is -2.18. The molecule has 0 aromatic rings. The maximum atomic E-state index is 12.2. The molecule has 106 valence electrons. The first kappa shape index (κ1) is 15.6. The van der Waals surface area contributed by atoms with Crippen molar-refractivity contribution in [3.8, 4) is 0 Å². The highest BCUT2D eigenvalue weighted by molar-refractivity contribution is 7.88. The standard InChI is InChI=1S/C12H24N2O3S/c1-5-6-10-7-14(18(4,16)17)8-11(10)12(15)9-13(2)3/h10-11H,5-9H2,1-4H3/t10-,11?/m0/s1. The van der Waals surface area contributed by atoms with E-state index in [9.17, 15) is 13.2 Å². The lowest BCUT2D eigenvalue weighted by atomic mass is 9.88. The van der Waals surface area contributed by atoms with Gasteiger partial charge in [-0.05, 0) is 26.4 Å². The molecule has 0 aliphatic carbocycles. The minimum atomic E-state index is -3.18. The first-order valence-corrected chi connectivity index (χ1v) is 8.23. The molecular weight excluding hydrogens is 252 g/mol. The molecule has 1 fully saturated rings. The van der Waals surface area contributed by atoms with Gasteiger partial charge in [-0.3, -0.25) is 4.79 Å². The summed E-state index contributed by atoms with van der Waals surface area (Å²) in [7, 11) is 0.533. The molecule has 18 heavy (non-hydrogen) atoms. The van der Waals surface area contributed by atoms with Gasteiger partial charge in [0.1, 0.15) is 0 Å². The van der Waals surface area contributed by atoms with Gasteiger partial charge >= 0.3 is 0 Å². The van der Waals surface area contributed by atoms with Crippen molar-refractivity contribution < 1.29 is 13.2 Å². The number of carbonyl (C=O) groups excluding carboxylic acids is 1. The van der Waals surface area contributed by atoms with Gasteiger partial charge in [0.15, 0.2) is 5.78 Å². The monoisotopic (exact) mass is 276 g/mol. The number of ketones is 1. The van der Waals surface area contributed by atoms with Crippen LogP contribution >= 0.6 is 0 Å². The summed E-state index contributed by atoms with van der Waals surface area (Å²) < 4.78 is 24.6. The van der Waals surface area contributed by atoms with Crippen LogP contribution in [0, 0.1) is 11.8 Å². The van der Waals surface area contributed by atoms with Crippen molar-refractivity contribution in [3.05, 3.63) is 0 Å². The SMILES string of the molecule is CCC[C@H]1CN(S(C)(=O)=O)CC1C(=O)CN(C)C. The van der Waals surface area contributed by atoms with E-state index in [1.165, 1.54) is 10.6 Å². The number of likely N-dealkylation sites (N-methyl/N-ethyl adjacent to an activating group) is 1. The Bertz CT molecular complexity index is 392. The smallest absolute Gasteiger partial charge is 0.211 e. The van der Waals surface area contributed by atoms with E-state index < -0.39 is 10.0 Å². The summed E-state index contributed by atoms with van der Waals surface area (Å²) in [5.41, 5.74) is 0. The zero-order valence-electron chi connectivity index (χ0n) is 11.7. The molecule has 6 heteroatoms. The van der Waals surface area contributed by atoms with Crippen LogP contribution in [0.15, 0.2) is 0 Å². The normalized spacial score (nSPS) is 25.8. The molecule has 0 spiro atoms. The highest BCUT2D eigenvalue weighted by Crippen LogP contribution is 2.29. The fourth-order valence-corrected chi connectivity index (χ4v) is 3.45. The van der Waals surface area contributed by atoms with Crippen molar-refractivity contribution in [3.63, 3.8) is 0 Å². The van der Waals surface area contributed by atoms with Crippen molar-refractivity contribution in [1.82, 2.24) is 9.21 Å². The second-order valence-electron chi connectivity index (χ2n) is 5.44. The Morgan fingerprint density at radius 3 is 2.39 bits per heavy atom. The molecule has 0 N–H and O–H groups in total. The second kappa shape index (κ2) is 6.12. The fourth-order valence-electron chi connectivity index (χ4n) is 2.56. The number of hydrogen-bond donors (Lipinski definition) is 0.